The number of rotatable bonds is 0. The van der Waals surface area contributed by atoms with Gasteiger partial charge in [-0.2, -0.15) is 0 Å². The smallest absolute Gasteiger partial charge is 0.336 e. The molecule has 2 heterocycles. The Bertz CT molecular complexity index is 663. The lowest BCUT2D eigenvalue weighted by Crippen LogP contribution is -1.93. The minimum atomic E-state index is -0.314. The van der Waals surface area contributed by atoms with E-state index in [0.717, 1.165) is 16.2 Å². The van der Waals surface area contributed by atoms with Gasteiger partial charge in [0, 0.05) is 34.6 Å². The van der Waals surface area contributed by atoms with Crippen molar-refractivity contribution < 1.29 is 4.42 Å². The highest BCUT2D eigenvalue weighted by atomic mass is 16.4. The van der Waals surface area contributed by atoms with E-state index in [1.807, 2.05) is 24.5 Å². The van der Waals surface area contributed by atoms with Crippen molar-refractivity contribution in [3.63, 3.8) is 0 Å². The first-order chi connectivity index (χ1) is 6.84. The quantitative estimate of drug-likeness (QED) is 0.546. The third kappa shape index (κ3) is 0.893. The number of hydrogen-bond donors (Lipinski definition) is 1. The van der Waals surface area contributed by atoms with Gasteiger partial charge in [-0.3, -0.25) is 0 Å². The molecule has 3 heteroatoms. The fourth-order valence-corrected chi connectivity index (χ4v) is 1.66. The van der Waals surface area contributed by atoms with Crippen molar-refractivity contribution in [3.05, 3.63) is 47.1 Å². The predicted octanol–water partition coefficient (Wildman–Crippen LogP) is 2.27. The van der Waals surface area contributed by atoms with Crippen molar-refractivity contribution in [2.75, 3.05) is 0 Å². The Kier molecular flexibility index (Phi) is 1.31. The normalized spacial score (nSPS) is 11.1. The molecule has 0 radical (unpaired) electrons. The van der Waals surface area contributed by atoms with Gasteiger partial charge in [-0.1, -0.05) is 12.1 Å². The molecule has 0 amide bonds. The van der Waals surface area contributed by atoms with Crippen molar-refractivity contribution in [2.24, 2.45) is 0 Å². The molecular formula is C11H7NO2. The first kappa shape index (κ1) is 7.38. The Hall–Kier alpha value is -2.03. The summed E-state index contributed by atoms with van der Waals surface area (Å²) >= 11 is 0. The Labute approximate surface area is 79.0 Å². The molecule has 0 saturated carbocycles. The van der Waals surface area contributed by atoms with Crippen LogP contribution < -0.4 is 5.63 Å². The summed E-state index contributed by atoms with van der Waals surface area (Å²) in [7, 11) is 0. The summed E-state index contributed by atoms with van der Waals surface area (Å²) in [4.78, 5) is 14.1. The third-order valence-corrected chi connectivity index (χ3v) is 2.33. The summed E-state index contributed by atoms with van der Waals surface area (Å²) in [5, 5.41) is 2.93. The molecule has 3 aromatic rings. The van der Waals surface area contributed by atoms with Gasteiger partial charge in [-0.25, -0.2) is 4.79 Å². The maximum absolute atomic E-state index is 11.1. The van der Waals surface area contributed by atoms with Gasteiger partial charge < -0.3 is 9.40 Å². The van der Waals surface area contributed by atoms with E-state index in [2.05, 4.69) is 4.98 Å². The molecule has 14 heavy (non-hydrogen) atoms. The summed E-state index contributed by atoms with van der Waals surface area (Å²) in [6.45, 7) is 0. The second-order valence-corrected chi connectivity index (χ2v) is 3.20. The molecule has 0 bridgehead atoms. The molecule has 2 aromatic heterocycles. The maximum Gasteiger partial charge on any atom is 0.336 e. The molecule has 0 atom stereocenters. The van der Waals surface area contributed by atoms with E-state index < -0.39 is 0 Å². The van der Waals surface area contributed by atoms with E-state index in [1.54, 1.807) is 6.07 Å². The lowest BCUT2D eigenvalue weighted by atomic mass is 10.1. The highest BCUT2D eigenvalue weighted by molar-refractivity contribution is 6.03. The van der Waals surface area contributed by atoms with Crippen LogP contribution in [0.3, 0.4) is 0 Å². The summed E-state index contributed by atoms with van der Waals surface area (Å²) in [6, 6.07) is 7.14. The zero-order chi connectivity index (χ0) is 9.54. The van der Waals surface area contributed by atoms with Crippen LogP contribution >= 0.6 is 0 Å². The van der Waals surface area contributed by atoms with Crippen LogP contribution in [0.4, 0.5) is 0 Å². The largest absolute Gasteiger partial charge is 0.422 e. The van der Waals surface area contributed by atoms with E-state index in [9.17, 15) is 4.79 Å². The van der Waals surface area contributed by atoms with Gasteiger partial charge in [0.15, 0.2) is 0 Å². The SMILES string of the molecule is O=c1ccc2ccc3c[nH]cc3c2o1. The van der Waals surface area contributed by atoms with Gasteiger partial charge in [-0.05, 0) is 6.07 Å². The topological polar surface area (TPSA) is 46.0 Å². The first-order valence-electron chi connectivity index (χ1n) is 4.34. The lowest BCUT2D eigenvalue weighted by molar-refractivity contribution is 0.564. The first-order valence-corrected chi connectivity index (χ1v) is 4.34. The molecule has 0 aliphatic heterocycles. The fourth-order valence-electron chi connectivity index (χ4n) is 1.66. The number of aromatic nitrogens is 1. The standard InChI is InChI=1S/C11H7NO2/c13-10-4-3-7-1-2-8-5-12-6-9(8)11(7)14-10/h1-6,12H. The minimum absolute atomic E-state index is 0.314. The van der Waals surface area contributed by atoms with Crippen LogP contribution in [-0.2, 0) is 0 Å². The second-order valence-electron chi connectivity index (χ2n) is 3.20. The Morgan fingerprint density at radius 1 is 1.00 bits per heavy atom. The Morgan fingerprint density at radius 2 is 1.79 bits per heavy atom. The summed E-state index contributed by atoms with van der Waals surface area (Å²) in [5.74, 6) is 0. The van der Waals surface area contributed by atoms with Crippen LogP contribution in [0.15, 0.2) is 45.9 Å². The summed E-state index contributed by atoms with van der Waals surface area (Å²) in [5.41, 5.74) is 0.336. The lowest BCUT2D eigenvalue weighted by Gasteiger charge is -1.96. The number of nitrogens with one attached hydrogen (secondary N) is 1. The summed E-state index contributed by atoms with van der Waals surface area (Å²) in [6.07, 6.45) is 3.71. The van der Waals surface area contributed by atoms with Crippen molar-refractivity contribution in [1.29, 1.82) is 0 Å². The molecule has 0 unspecified atom stereocenters. The van der Waals surface area contributed by atoms with E-state index in [0.29, 0.717) is 5.58 Å². The molecule has 0 saturated heterocycles. The fraction of sp³-hybridized carbons (Fsp3) is 0. The monoisotopic (exact) mass is 185 g/mol. The zero-order valence-corrected chi connectivity index (χ0v) is 7.28. The summed E-state index contributed by atoms with van der Waals surface area (Å²) < 4.78 is 5.16. The molecule has 0 fully saturated rings. The van der Waals surface area contributed by atoms with Gasteiger partial charge in [0.25, 0.3) is 0 Å². The number of H-pyrrole nitrogens is 1. The maximum atomic E-state index is 11.1. The average molecular weight is 185 g/mol. The molecule has 1 N–H and O–H groups in total. The highest BCUT2D eigenvalue weighted by Gasteiger charge is 2.02. The molecule has 68 valence electrons. The van der Waals surface area contributed by atoms with E-state index >= 15 is 0 Å². The molecule has 0 spiro atoms. The van der Waals surface area contributed by atoms with Gasteiger partial charge >= 0.3 is 5.63 Å². The zero-order valence-electron chi connectivity index (χ0n) is 7.28. The van der Waals surface area contributed by atoms with Crippen LogP contribution in [0.1, 0.15) is 0 Å². The molecule has 0 aliphatic carbocycles. The Balaban J connectivity index is 2.66. The number of hydrogen-bond acceptors (Lipinski definition) is 2. The average Bonchev–Trinajstić information content (AvgIpc) is 2.65. The van der Waals surface area contributed by atoms with Crippen molar-refractivity contribution >= 4 is 21.7 Å². The molecule has 1 aromatic carbocycles. The highest BCUT2D eigenvalue weighted by Crippen LogP contribution is 2.23. The predicted molar refractivity (Wildman–Crippen MR) is 54.3 cm³/mol. The van der Waals surface area contributed by atoms with E-state index in [-0.39, 0.29) is 5.63 Å². The Morgan fingerprint density at radius 3 is 2.71 bits per heavy atom. The van der Waals surface area contributed by atoms with E-state index in [1.165, 1.54) is 6.07 Å². The van der Waals surface area contributed by atoms with Gasteiger partial charge in [0.2, 0.25) is 0 Å². The molecule has 3 nitrogen and oxygen atoms in total. The van der Waals surface area contributed by atoms with Gasteiger partial charge in [0.1, 0.15) is 5.58 Å². The van der Waals surface area contributed by atoms with Crippen LogP contribution in [0.2, 0.25) is 0 Å². The molecule has 0 aliphatic rings. The molecule has 3 rings (SSSR count). The van der Waals surface area contributed by atoms with Crippen LogP contribution in [-0.4, -0.2) is 4.98 Å². The van der Waals surface area contributed by atoms with Crippen molar-refractivity contribution in [2.45, 2.75) is 0 Å². The van der Waals surface area contributed by atoms with Gasteiger partial charge in [0.05, 0.1) is 0 Å². The van der Waals surface area contributed by atoms with Crippen LogP contribution in [0.5, 0.6) is 0 Å². The third-order valence-electron chi connectivity index (χ3n) is 2.33. The number of fused-ring (bicyclic) bond motifs is 3. The minimum Gasteiger partial charge on any atom is -0.422 e. The number of aromatic amines is 1. The van der Waals surface area contributed by atoms with Crippen LogP contribution in [0, 0.1) is 0 Å². The van der Waals surface area contributed by atoms with Crippen LogP contribution in [0.25, 0.3) is 21.7 Å². The second kappa shape index (κ2) is 2.48. The van der Waals surface area contributed by atoms with E-state index in [4.69, 9.17) is 4.42 Å². The van der Waals surface area contributed by atoms with Gasteiger partial charge in [-0.15, -0.1) is 0 Å². The van der Waals surface area contributed by atoms with Crippen molar-refractivity contribution in [3.8, 4) is 0 Å². The molecular weight excluding hydrogens is 178 g/mol. The number of benzene rings is 1. The van der Waals surface area contributed by atoms with Crippen molar-refractivity contribution in [1.82, 2.24) is 4.98 Å².